The number of ether oxygens (including phenoxy) is 2. The van der Waals surface area contributed by atoms with E-state index in [4.69, 9.17) is 9.47 Å². The molecule has 0 aliphatic carbocycles. The van der Waals surface area contributed by atoms with Crippen LogP contribution >= 0.6 is 11.8 Å². The molecule has 1 amide bonds. The largest absolute Gasteiger partial charge is 0.493 e. The molecule has 3 rings (SSSR count). The Bertz CT molecular complexity index is 795. The summed E-state index contributed by atoms with van der Waals surface area (Å²) in [5.41, 5.74) is 3.38. The summed E-state index contributed by atoms with van der Waals surface area (Å²) in [6.45, 7) is 2.20. The van der Waals surface area contributed by atoms with Gasteiger partial charge in [0.25, 0.3) is 5.91 Å². The zero-order valence-electron chi connectivity index (χ0n) is 15.4. The number of para-hydroxylation sites is 1. The minimum Gasteiger partial charge on any atom is -0.493 e. The maximum Gasteiger partial charge on any atom is 0.279 e. The molecule has 1 aliphatic heterocycles. The zero-order valence-corrected chi connectivity index (χ0v) is 16.2. The molecule has 1 heterocycles. The molecule has 1 aliphatic rings. The van der Waals surface area contributed by atoms with Gasteiger partial charge in [0.15, 0.2) is 18.0 Å². The number of hydrogen-bond donors (Lipinski definition) is 2. The van der Waals surface area contributed by atoms with Crippen molar-refractivity contribution in [1.29, 1.82) is 0 Å². The Morgan fingerprint density at radius 1 is 1.15 bits per heavy atom. The van der Waals surface area contributed by atoms with E-state index in [2.05, 4.69) is 11.4 Å². The van der Waals surface area contributed by atoms with Crippen molar-refractivity contribution in [3.8, 4) is 11.5 Å². The fourth-order valence-electron chi connectivity index (χ4n) is 3.35. The summed E-state index contributed by atoms with van der Waals surface area (Å²) in [6.07, 6.45) is 2.94. The quantitative estimate of drug-likeness (QED) is 0.761. The van der Waals surface area contributed by atoms with Crippen molar-refractivity contribution < 1.29 is 19.2 Å². The number of amides is 1. The van der Waals surface area contributed by atoms with E-state index < -0.39 is 0 Å². The highest BCUT2D eigenvalue weighted by Crippen LogP contribution is 2.31. The number of fused-ring (bicyclic) bond motifs is 1. The average molecular weight is 373 g/mol. The van der Waals surface area contributed by atoms with E-state index in [1.165, 1.54) is 16.0 Å². The highest BCUT2D eigenvalue weighted by atomic mass is 32.2. The molecule has 2 N–H and O–H groups in total. The minimum absolute atomic E-state index is 0.0467. The predicted octanol–water partition coefficient (Wildman–Crippen LogP) is 2.01. The third-order valence-corrected chi connectivity index (χ3v) is 5.48. The van der Waals surface area contributed by atoms with Crippen LogP contribution in [0.15, 0.2) is 41.3 Å². The van der Waals surface area contributed by atoms with E-state index in [1.54, 1.807) is 26.0 Å². The van der Waals surface area contributed by atoms with Crippen molar-refractivity contribution in [3.63, 3.8) is 0 Å². The number of quaternary nitrogens is 1. The highest BCUT2D eigenvalue weighted by Gasteiger charge is 2.24. The molecule has 5 nitrogen and oxygen atoms in total. The van der Waals surface area contributed by atoms with Crippen LogP contribution in [0.5, 0.6) is 11.5 Å². The number of methoxy groups -OCH3 is 2. The van der Waals surface area contributed by atoms with Gasteiger partial charge in [0.2, 0.25) is 0 Å². The van der Waals surface area contributed by atoms with Crippen LogP contribution < -0.4 is 19.7 Å². The predicted molar refractivity (Wildman–Crippen MR) is 105 cm³/mol. The second kappa shape index (κ2) is 8.47. The first-order valence-electron chi connectivity index (χ1n) is 8.64. The van der Waals surface area contributed by atoms with Crippen LogP contribution in [0, 0.1) is 0 Å². The molecule has 2 aromatic rings. The molecule has 0 spiro atoms. The summed E-state index contributed by atoms with van der Waals surface area (Å²) in [7, 11) is 3.30. The summed E-state index contributed by atoms with van der Waals surface area (Å²) in [5.74, 6) is 1.55. The smallest absolute Gasteiger partial charge is 0.279 e. The second-order valence-electron chi connectivity index (χ2n) is 6.33. The maximum absolute atomic E-state index is 12.5. The van der Waals surface area contributed by atoms with Crippen molar-refractivity contribution in [3.05, 3.63) is 47.5 Å². The Morgan fingerprint density at radius 3 is 2.54 bits per heavy atom. The van der Waals surface area contributed by atoms with Gasteiger partial charge >= 0.3 is 0 Å². The Kier molecular flexibility index (Phi) is 6.06. The normalized spacial score (nSPS) is 15.9. The van der Waals surface area contributed by atoms with Crippen molar-refractivity contribution in [1.82, 2.24) is 0 Å². The van der Waals surface area contributed by atoms with Crippen LogP contribution in [-0.4, -0.2) is 39.5 Å². The van der Waals surface area contributed by atoms with Gasteiger partial charge in [0, 0.05) is 16.9 Å². The molecule has 2 aromatic carbocycles. The Balaban J connectivity index is 1.66. The zero-order chi connectivity index (χ0) is 18.5. The number of anilines is 1. The van der Waals surface area contributed by atoms with Gasteiger partial charge in [-0.25, -0.2) is 0 Å². The molecule has 26 heavy (non-hydrogen) atoms. The van der Waals surface area contributed by atoms with Gasteiger partial charge in [-0.15, -0.1) is 11.8 Å². The Hall–Kier alpha value is -2.18. The van der Waals surface area contributed by atoms with Crippen LogP contribution in [0.4, 0.5) is 5.69 Å². The Morgan fingerprint density at radius 2 is 1.85 bits per heavy atom. The molecule has 0 aromatic heterocycles. The van der Waals surface area contributed by atoms with Gasteiger partial charge in [-0.1, -0.05) is 12.1 Å². The molecule has 1 unspecified atom stereocenters. The molecule has 1 atom stereocenters. The lowest BCUT2D eigenvalue weighted by molar-refractivity contribution is -0.907. The van der Waals surface area contributed by atoms with Crippen molar-refractivity contribution in [2.75, 3.05) is 38.9 Å². The van der Waals surface area contributed by atoms with Crippen molar-refractivity contribution >= 4 is 23.4 Å². The summed E-state index contributed by atoms with van der Waals surface area (Å²) >= 11 is 1.63. The third kappa shape index (κ3) is 4.14. The number of carbonyl (C=O) groups is 1. The van der Waals surface area contributed by atoms with E-state index in [9.17, 15) is 4.79 Å². The van der Waals surface area contributed by atoms with E-state index in [0.717, 1.165) is 41.6 Å². The topological polar surface area (TPSA) is 52.0 Å². The van der Waals surface area contributed by atoms with Crippen molar-refractivity contribution in [2.24, 2.45) is 0 Å². The number of carbonyl (C=O) groups excluding carboxylic acids is 1. The minimum atomic E-state index is 0.0467. The third-order valence-electron chi connectivity index (χ3n) is 4.69. The SMILES string of the molecule is COc1cc2c(cc1OC)C[NH+](CC(=O)Nc1ccccc1SC)CC2. The molecular weight excluding hydrogens is 348 g/mol. The lowest BCUT2D eigenvalue weighted by Gasteiger charge is -2.26. The second-order valence-corrected chi connectivity index (χ2v) is 7.18. The number of benzene rings is 2. The molecule has 138 valence electrons. The van der Waals surface area contributed by atoms with Crippen molar-refractivity contribution in [2.45, 2.75) is 17.9 Å². The van der Waals surface area contributed by atoms with Gasteiger partial charge in [-0.3, -0.25) is 4.79 Å². The maximum atomic E-state index is 12.5. The lowest BCUT2D eigenvalue weighted by atomic mass is 9.99. The molecule has 6 heteroatoms. The first-order valence-corrected chi connectivity index (χ1v) is 9.87. The molecule has 0 radical (unpaired) electrons. The van der Waals surface area contributed by atoms with Gasteiger partial charge < -0.3 is 19.7 Å². The van der Waals surface area contributed by atoms with E-state index in [-0.39, 0.29) is 5.91 Å². The van der Waals surface area contributed by atoms with E-state index in [1.807, 2.05) is 36.6 Å². The Labute approximate surface area is 158 Å². The monoisotopic (exact) mass is 373 g/mol. The van der Waals surface area contributed by atoms with Gasteiger partial charge in [-0.05, 0) is 36.1 Å². The summed E-state index contributed by atoms with van der Waals surface area (Å²) < 4.78 is 10.8. The molecule has 0 saturated carbocycles. The van der Waals surface area contributed by atoms with Crippen LogP contribution in [0.25, 0.3) is 0 Å². The standard InChI is InChI=1S/C20H24N2O3S/c1-24-17-10-14-8-9-22(12-15(14)11-18(17)25-2)13-20(23)21-16-6-4-5-7-19(16)26-3/h4-7,10-11H,8-9,12-13H2,1-3H3,(H,21,23)/p+1. The summed E-state index contributed by atoms with van der Waals surface area (Å²) in [4.78, 5) is 14.8. The number of hydrogen-bond acceptors (Lipinski definition) is 4. The fraction of sp³-hybridized carbons (Fsp3) is 0.350. The lowest BCUT2D eigenvalue weighted by Crippen LogP contribution is -3.12. The van der Waals surface area contributed by atoms with Crippen LogP contribution in [-0.2, 0) is 17.8 Å². The van der Waals surface area contributed by atoms with Crippen LogP contribution in [0.1, 0.15) is 11.1 Å². The first kappa shape index (κ1) is 18.6. The van der Waals surface area contributed by atoms with Gasteiger partial charge in [0.05, 0.1) is 26.5 Å². The molecular formula is C20H25N2O3S+. The van der Waals surface area contributed by atoms with Gasteiger partial charge in [-0.2, -0.15) is 0 Å². The van der Waals surface area contributed by atoms with Crippen LogP contribution in [0.3, 0.4) is 0 Å². The molecule has 0 bridgehead atoms. The van der Waals surface area contributed by atoms with E-state index in [0.29, 0.717) is 6.54 Å². The highest BCUT2D eigenvalue weighted by molar-refractivity contribution is 7.98. The van der Waals surface area contributed by atoms with Gasteiger partial charge in [0.1, 0.15) is 6.54 Å². The first-order chi connectivity index (χ1) is 12.6. The number of thioether (sulfide) groups is 1. The molecule has 0 saturated heterocycles. The number of nitrogens with one attached hydrogen (secondary N) is 2. The number of rotatable bonds is 6. The summed E-state index contributed by atoms with van der Waals surface area (Å²) in [6, 6.07) is 12.0. The summed E-state index contributed by atoms with van der Waals surface area (Å²) in [5, 5.41) is 3.05. The average Bonchev–Trinajstić information content (AvgIpc) is 2.67. The fourth-order valence-corrected chi connectivity index (χ4v) is 3.90. The molecule has 0 fully saturated rings. The van der Waals surface area contributed by atoms with E-state index >= 15 is 0 Å². The van der Waals surface area contributed by atoms with Crippen LogP contribution in [0.2, 0.25) is 0 Å².